The molecule has 1 aromatic carbocycles. The first-order chi connectivity index (χ1) is 25.9. The maximum absolute atomic E-state index is 15.7. The summed E-state index contributed by atoms with van der Waals surface area (Å²) in [5, 5.41) is 0. The van der Waals surface area contributed by atoms with Crippen LogP contribution in [-0.4, -0.2) is 37.8 Å². The second-order valence-electron chi connectivity index (χ2n) is 12.0. The lowest BCUT2D eigenvalue weighted by Crippen LogP contribution is -2.11. The SMILES string of the molecule is Fc1c(F)c(F)c(C2=C3C=CC(=N3)C(c3ccncc3)=C3C=CC(=N3)C(c3ccncc3)=C3C=CC(=N3)C(c3ccncc3)=C3C=CC2=N3)c(F)c1F. The molecular formula is C41H20F5N7. The molecular weight excluding hydrogens is 685 g/mol. The van der Waals surface area contributed by atoms with Crippen LogP contribution in [0.25, 0.3) is 22.3 Å². The highest BCUT2D eigenvalue weighted by Gasteiger charge is 2.33. The maximum atomic E-state index is 15.7. The number of pyridine rings is 3. The quantitative estimate of drug-likeness (QED) is 0.121. The summed E-state index contributed by atoms with van der Waals surface area (Å²) in [6.07, 6.45) is 23.2. The molecule has 0 N–H and O–H groups in total. The third-order valence-corrected chi connectivity index (χ3v) is 8.98. The molecule has 3 aromatic heterocycles. The Morgan fingerprint density at radius 3 is 0.887 bits per heavy atom. The Morgan fingerprint density at radius 2 is 0.566 bits per heavy atom. The van der Waals surface area contributed by atoms with Gasteiger partial charge in [-0.3, -0.25) is 15.0 Å². The predicted octanol–water partition coefficient (Wildman–Crippen LogP) is 8.57. The summed E-state index contributed by atoms with van der Waals surface area (Å²) < 4.78 is 75.4. The van der Waals surface area contributed by atoms with Crippen LogP contribution in [0.3, 0.4) is 0 Å². The highest BCUT2D eigenvalue weighted by Crippen LogP contribution is 2.40. The summed E-state index contributed by atoms with van der Waals surface area (Å²) in [4.78, 5) is 32.1. The molecule has 7 nitrogen and oxygen atoms in total. The summed E-state index contributed by atoms with van der Waals surface area (Å²) in [5.41, 5.74) is 5.03. The van der Waals surface area contributed by atoms with E-state index in [9.17, 15) is 13.2 Å². The summed E-state index contributed by atoms with van der Waals surface area (Å²) >= 11 is 0. The molecule has 0 unspecified atom stereocenters. The second-order valence-corrected chi connectivity index (χ2v) is 12.0. The minimum Gasteiger partial charge on any atom is -0.265 e. The van der Waals surface area contributed by atoms with Crippen LogP contribution < -0.4 is 0 Å². The van der Waals surface area contributed by atoms with Crippen LogP contribution in [0.4, 0.5) is 22.0 Å². The monoisotopic (exact) mass is 705 g/mol. The highest BCUT2D eigenvalue weighted by atomic mass is 19.2. The fourth-order valence-corrected chi connectivity index (χ4v) is 6.61. The molecule has 0 amide bonds. The maximum Gasteiger partial charge on any atom is 0.200 e. The Bertz CT molecular complexity index is 2610. The van der Waals surface area contributed by atoms with Crippen LogP contribution in [0.5, 0.6) is 0 Å². The van der Waals surface area contributed by atoms with Gasteiger partial charge in [-0.2, -0.15) is 0 Å². The number of aromatic nitrogens is 3. The van der Waals surface area contributed by atoms with E-state index < -0.39 is 40.2 Å². The minimum absolute atomic E-state index is 0.0819. The molecule has 0 saturated carbocycles. The lowest BCUT2D eigenvalue weighted by Gasteiger charge is -2.14. The van der Waals surface area contributed by atoms with Crippen molar-refractivity contribution in [2.24, 2.45) is 20.0 Å². The summed E-state index contributed by atoms with van der Waals surface area (Å²) in [5.74, 6) is -10.5. The van der Waals surface area contributed by atoms with Gasteiger partial charge in [0.25, 0.3) is 0 Å². The van der Waals surface area contributed by atoms with E-state index in [1.54, 1.807) is 73.6 Å². The van der Waals surface area contributed by atoms with E-state index in [0.29, 0.717) is 56.5 Å². The van der Waals surface area contributed by atoms with E-state index in [1.165, 1.54) is 12.2 Å². The van der Waals surface area contributed by atoms with Gasteiger partial charge in [-0.05, 0) is 102 Å². The zero-order valence-corrected chi connectivity index (χ0v) is 27.1. The zero-order chi connectivity index (χ0) is 36.2. The van der Waals surface area contributed by atoms with Gasteiger partial charge in [0.2, 0.25) is 5.82 Å². The number of allylic oxidation sites excluding steroid dienone is 12. The molecule has 0 atom stereocenters. The average Bonchev–Trinajstić information content (AvgIpc) is 4.04. The Balaban J connectivity index is 1.40. The Hall–Kier alpha value is -7.08. The van der Waals surface area contributed by atoms with Crippen molar-refractivity contribution >= 4 is 45.1 Å². The van der Waals surface area contributed by atoms with Gasteiger partial charge < -0.3 is 0 Å². The Labute approximate surface area is 297 Å². The number of benzene rings is 1. The topological polar surface area (TPSA) is 88.1 Å². The van der Waals surface area contributed by atoms with Gasteiger partial charge in [-0.25, -0.2) is 41.9 Å². The molecule has 0 saturated heterocycles. The standard InChI is InChI=1S/C41H20F5N7/c42-37-36(38(43)40(45)41(46)39(37)44)35-30-7-5-28(52-30)33(22-11-17-48-18-12-22)26-3-1-24(50-26)32(21-9-15-47-16-10-21)25-2-4-27(51-25)34(23-13-19-49-20-14-23)29-6-8-31(35)53-29/h1-20H. The van der Waals surface area contributed by atoms with Crippen molar-refractivity contribution in [2.75, 3.05) is 0 Å². The molecule has 5 aliphatic heterocycles. The molecule has 9 rings (SSSR count). The number of hydrogen-bond acceptors (Lipinski definition) is 7. The second kappa shape index (κ2) is 12.6. The third-order valence-electron chi connectivity index (χ3n) is 8.98. The van der Waals surface area contributed by atoms with Crippen molar-refractivity contribution in [3.05, 3.63) is 196 Å². The van der Waals surface area contributed by atoms with Crippen molar-refractivity contribution in [2.45, 2.75) is 0 Å². The molecule has 53 heavy (non-hydrogen) atoms. The van der Waals surface area contributed by atoms with Gasteiger partial charge in [0.1, 0.15) is 0 Å². The number of rotatable bonds is 4. The summed E-state index contributed by atoms with van der Waals surface area (Å²) in [7, 11) is 0. The van der Waals surface area contributed by atoms with E-state index in [-0.39, 0.29) is 11.4 Å². The van der Waals surface area contributed by atoms with Crippen LogP contribution in [0.1, 0.15) is 22.3 Å². The van der Waals surface area contributed by atoms with Crippen molar-refractivity contribution < 1.29 is 22.0 Å². The van der Waals surface area contributed by atoms with Crippen molar-refractivity contribution in [1.29, 1.82) is 0 Å². The van der Waals surface area contributed by atoms with Crippen molar-refractivity contribution in [3.8, 4) is 0 Å². The van der Waals surface area contributed by atoms with Gasteiger partial charge >= 0.3 is 0 Å². The van der Waals surface area contributed by atoms with Gasteiger partial charge in [0.15, 0.2) is 23.3 Å². The van der Waals surface area contributed by atoms with Crippen molar-refractivity contribution in [1.82, 2.24) is 15.0 Å². The molecule has 5 aliphatic rings. The van der Waals surface area contributed by atoms with Gasteiger partial charge in [-0.15, -0.1) is 0 Å². The largest absolute Gasteiger partial charge is 0.265 e. The van der Waals surface area contributed by atoms with Crippen molar-refractivity contribution in [3.63, 3.8) is 0 Å². The number of fused-ring (bicyclic) bond motifs is 4. The lowest BCUT2D eigenvalue weighted by molar-refractivity contribution is 0.376. The molecule has 0 aliphatic carbocycles. The summed E-state index contributed by atoms with van der Waals surface area (Å²) in [6.45, 7) is 0. The van der Waals surface area contributed by atoms with E-state index in [4.69, 9.17) is 20.0 Å². The number of aliphatic imine (C=N–C) groups is 4. The fourth-order valence-electron chi connectivity index (χ4n) is 6.61. The molecule has 4 aromatic rings. The third kappa shape index (κ3) is 5.30. The van der Waals surface area contributed by atoms with Crippen LogP contribution in [-0.2, 0) is 0 Å². The number of halogens is 5. The smallest absolute Gasteiger partial charge is 0.200 e. The molecule has 0 radical (unpaired) electrons. The molecule has 0 spiro atoms. The number of nitrogens with zero attached hydrogens (tertiary/aromatic N) is 7. The molecule has 254 valence electrons. The lowest BCUT2D eigenvalue weighted by atomic mass is 9.97. The minimum atomic E-state index is -2.27. The number of hydrogen-bond donors (Lipinski definition) is 0. The highest BCUT2D eigenvalue weighted by molar-refractivity contribution is 6.39. The predicted molar refractivity (Wildman–Crippen MR) is 193 cm³/mol. The van der Waals surface area contributed by atoms with E-state index >= 15 is 8.78 Å². The molecule has 8 bridgehead atoms. The van der Waals surface area contributed by atoms with E-state index in [1.807, 2.05) is 36.4 Å². The van der Waals surface area contributed by atoms with Gasteiger partial charge in [0, 0.05) is 59.5 Å². The van der Waals surface area contributed by atoms with Gasteiger partial charge in [-0.1, -0.05) is 0 Å². The molecule has 0 fully saturated rings. The molecule has 8 heterocycles. The summed E-state index contributed by atoms with van der Waals surface area (Å²) in [6, 6.07) is 10.8. The fraction of sp³-hybridized carbons (Fsp3) is 0. The normalized spacial score (nSPS) is 17.4. The Kier molecular flexibility index (Phi) is 7.58. The first kappa shape index (κ1) is 31.9. The zero-order valence-electron chi connectivity index (χ0n) is 27.1. The first-order valence-corrected chi connectivity index (χ1v) is 16.2. The van der Waals surface area contributed by atoms with E-state index in [2.05, 4.69) is 15.0 Å². The van der Waals surface area contributed by atoms with Gasteiger partial charge in [0.05, 0.1) is 51.2 Å². The average molecular weight is 706 g/mol. The Morgan fingerprint density at radius 1 is 0.302 bits per heavy atom. The van der Waals surface area contributed by atoms with Crippen LogP contribution in [0.2, 0.25) is 0 Å². The van der Waals surface area contributed by atoms with E-state index in [0.717, 1.165) is 11.1 Å². The van der Waals surface area contributed by atoms with Crippen LogP contribution in [0.15, 0.2) is 165 Å². The first-order valence-electron chi connectivity index (χ1n) is 16.2. The van der Waals surface area contributed by atoms with Crippen LogP contribution >= 0.6 is 0 Å². The molecule has 12 heteroatoms. The van der Waals surface area contributed by atoms with Crippen LogP contribution in [0, 0.1) is 29.1 Å².